The van der Waals surface area contributed by atoms with Crippen molar-refractivity contribution in [2.24, 2.45) is 0 Å². The number of carbonyl (C=O) groups is 2. The third-order valence-corrected chi connectivity index (χ3v) is 4.69. The summed E-state index contributed by atoms with van der Waals surface area (Å²) in [6, 6.07) is 15.1. The van der Waals surface area contributed by atoms with Gasteiger partial charge in [0.15, 0.2) is 11.6 Å². The SMILES string of the molecule is O=C1CCOc2c1cc1c3c(cccc23)C(=O)c2ccccc2-1. The van der Waals surface area contributed by atoms with Crippen LogP contribution in [0.25, 0.3) is 21.9 Å². The van der Waals surface area contributed by atoms with Gasteiger partial charge in [0.2, 0.25) is 0 Å². The molecular formula is C20H12O3. The number of rotatable bonds is 0. The lowest BCUT2D eigenvalue weighted by Crippen LogP contribution is -2.17. The molecule has 0 spiro atoms. The normalized spacial score (nSPS) is 15.1. The molecule has 0 N–H and O–H groups in total. The molecule has 3 aromatic rings. The highest BCUT2D eigenvalue weighted by Gasteiger charge is 2.30. The van der Waals surface area contributed by atoms with Crippen molar-refractivity contribution in [3.63, 3.8) is 0 Å². The number of ketones is 2. The van der Waals surface area contributed by atoms with E-state index in [1.165, 1.54) is 0 Å². The first-order chi connectivity index (χ1) is 11.3. The quantitative estimate of drug-likeness (QED) is 0.492. The van der Waals surface area contributed by atoms with Crippen LogP contribution in [0.4, 0.5) is 0 Å². The Morgan fingerprint density at radius 1 is 0.783 bits per heavy atom. The van der Waals surface area contributed by atoms with E-state index in [1.807, 2.05) is 48.5 Å². The first-order valence-electron chi connectivity index (χ1n) is 7.65. The molecule has 0 unspecified atom stereocenters. The van der Waals surface area contributed by atoms with Crippen LogP contribution in [0.3, 0.4) is 0 Å². The fraction of sp³-hybridized carbons (Fsp3) is 0.100. The van der Waals surface area contributed by atoms with Gasteiger partial charge in [0.25, 0.3) is 0 Å². The zero-order chi connectivity index (χ0) is 15.6. The van der Waals surface area contributed by atoms with Crippen molar-refractivity contribution >= 4 is 22.3 Å². The van der Waals surface area contributed by atoms with E-state index < -0.39 is 0 Å². The number of Topliss-reactive ketones (excluding diaryl/α,β-unsaturated/α-hetero) is 1. The van der Waals surface area contributed by atoms with Crippen molar-refractivity contribution in [1.82, 2.24) is 0 Å². The number of benzene rings is 3. The smallest absolute Gasteiger partial charge is 0.194 e. The minimum absolute atomic E-state index is 0.0285. The number of hydrogen-bond acceptors (Lipinski definition) is 3. The monoisotopic (exact) mass is 300 g/mol. The van der Waals surface area contributed by atoms with Gasteiger partial charge in [0.05, 0.1) is 12.2 Å². The van der Waals surface area contributed by atoms with Crippen molar-refractivity contribution in [3.8, 4) is 16.9 Å². The summed E-state index contributed by atoms with van der Waals surface area (Å²) in [4.78, 5) is 25.1. The van der Waals surface area contributed by atoms with Crippen molar-refractivity contribution in [3.05, 3.63) is 65.2 Å². The molecule has 2 aliphatic rings. The van der Waals surface area contributed by atoms with Crippen LogP contribution >= 0.6 is 0 Å². The van der Waals surface area contributed by atoms with Gasteiger partial charge < -0.3 is 4.74 Å². The van der Waals surface area contributed by atoms with E-state index in [0.717, 1.165) is 21.9 Å². The molecule has 0 fully saturated rings. The van der Waals surface area contributed by atoms with Crippen molar-refractivity contribution in [2.45, 2.75) is 6.42 Å². The van der Waals surface area contributed by atoms with E-state index in [0.29, 0.717) is 35.5 Å². The highest BCUT2D eigenvalue weighted by Crippen LogP contribution is 2.45. The molecule has 1 heterocycles. The molecule has 1 aliphatic heterocycles. The van der Waals surface area contributed by atoms with Crippen molar-refractivity contribution < 1.29 is 14.3 Å². The van der Waals surface area contributed by atoms with E-state index in [1.54, 1.807) is 0 Å². The lowest BCUT2D eigenvalue weighted by Gasteiger charge is -2.25. The highest BCUT2D eigenvalue weighted by atomic mass is 16.5. The second kappa shape index (κ2) is 4.29. The van der Waals surface area contributed by atoms with Crippen LogP contribution in [0.15, 0.2) is 48.5 Å². The molecule has 0 atom stereocenters. The van der Waals surface area contributed by atoms with Gasteiger partial charge in [-0.1, -0.05) is 42.5 Å². The Morgan fingerprint density at radius 3 is 2.43 bits per heavy atom. The van der Waals surface area contributed by atoms with Crippen LogP contribution in [0, 0.1) is 0 Å². The zero-order valence-electron chi connectivity index (χ0n) is 12.3. The summed E-state index contributed by atoms with van der Waals surface area (Å²) in [6.45, 7) is 0.398. The lowest BCUT2D eigenvalue weighted by molar-refractivity contribution is 0.0934. The fourth-order valence-electron chi connectivity index (χ4n) is 3.66. The molecular weight excluding hydrogens is 288 g/mol. The van der Waals surface area contributed by atoms with Crippen LogP contribution in [-0.4, -0.2) is 18.2 Å². The average molecular weight is 300 g/mol. The molecule has 0 radical (unpaired) electrons. The summed E-state index contributed by atoms with van der Waals surface area (Å²) >= 11 is 0. The summed E-state index contributed by atoms with van der Waals surface area (Å²) in [6.07, 6.45) is 0.401. The Balaban J connectivity index is 2.01. The molecule has 0 amide bonds. The summed E-state index contributed by atoms with van der Waals surface area (Å²) in [5, 5.41) is 1.75. The van der Waals surface area contributed by atoms with Crippen LogP contribution in [0.1, 0.15) is 32.7 Å². The maximum atomic E-state index is 12.8. The summed E-state index contributed by atoms with van der Waals surface area (Å²) in [5.74, 6) is 0.749. The van der Waals surface area contributed by atoms with Gasteiger partial charge in [-0.05, 0) is 17.2 Å². The highest BCUT2D eigenvalue weighted by molar-refractivity contribution is 6.27. The summed E-state index contributed by atoms with van der Waals surface area (Å²) in [5.41, 5.74) is 3.84. The van der Waals surface area contributed by atoms with Gasteiger partial charge in [-0.3, -0.25) is 9.59 Å². The largest absolute Gasteiger partial charge is 0.492 e. The number of ether oxygens (including phenoxy) is 1. The Kier molecular flexibility index (Phi) is 2.35. The van der Waals surface area contributed by atoms with E-state index >= 15 is 0 Å². The predicted octanol–water partition coefficient (Wildman–Crippen LogP) is 4.02. The summed E-state index contributed by atoms with van der Waals surface area (Å²) in [7, 11) is 0. The first kappa shape index (κ1) is 12.6. The van der Waals surface area contributed by atoms with E-state index in [-0.39, 0.29) is 11.6 Å². The standard InChI is InChI=1S/C20H12O3/c21-17-8-9-23-20-14-7-3-6-13-18(14)15(10-16(17)20)11-4-1-2-5-12(11)19(13)22/h1-7,10H,8-9H2. The average Bonchev–Trinajstić information content (AvgIpc) is 2.60. The Labute approximate surface area is 132 Å². The molecule has 5 rings (SSSR count). The molecule has 23 heavy (non-hydrogen) atoms. The van der Waals surface area contributed by atoms with E-state index in [4.69, 9.17) is 4.74 Å². The van der Waals surface area contributed by atoms with Crippen LogP contribution in [0.2, 0.25) is 0 Å². The van der Waals surface area contributed by atoms with Gasteiger partial charge in [-0.15, -0.1) is 0 Å². The molecule has 110 valence electrons. The number of carbonyl (C=O) groups excluding carboxylic acids is 2. The molecule has 0 saturated carbocycles. The van der Waals surface area contributed by atoms with Gasteiger partial charge in [-0.2, -0.15) is 0 Å². The van der Waals surface area contributed by atoms with E-state index in [2.05, 4.69) is 0 Å². The molecule has 0 aromatic heterocycles. The zero-order valence-corrected chi connectivity index (χ0v) is 12.3. The maximum Gasteiger partial charge on any atom is 0.194 e. The number of fused-ring (bicyclic) bond motifs is 4. The Morgan fingerprint density at radius 2 is 1.57 bits per heavy atom. The molecule has 1 aliphatic carbocycles. The van der Waals surface area contributed by atoms with Crippen LogP contribution in [-0.2, 0) is 0 Å². The fourth-order valence-corrected chi connectivity index (χ4v) is 3.66. The van der Waals surface area contributed by atoms with Crippen LogP contribution < -0.4 is 4.74 Å². The van der Waals surface area contributed by atoms with Gasteiger partial charge in [0.1, 0.15) is 5.75 Å². The van der Waals surface area contributed by atoms with Crippen molar-refractivity contribution in [1.29, 1.82) is 0 Å². The van der Waals surface area contributed by atoms with Gasteiger partial charge in [0, 0.05) is 28.3 Å². The topological polar surface area (TPSA) is 43.4 Å². The molecule has 0 saturated heterocycles. The Bertz CT molecular complexity index is 1030. The van der Waals surface area contributed by atoms with E-state index in [9.17, 15) is 9.59 Å². The Hall–Kier alpha value is -2.94. The molecule has 3 nitrogen and oxygen atoms in total. The molecule has 0 bridgehead atoms. The lowest BCUT2D eigenvalue weighted by atomic mass is 9.81. The number of hydrogen-bond donors (Lipinski definition) is 0. The second-order valence-electron chi connectivity index (χ2n) is 5.93. The minimum atomic E-state index is 0.0285. The minimum Gasteiger partial charge on any atom is -0.492 e. The summed E-state index contributed by atoms with van der Waals surface area (Å²) < 4.78 is 5.78. The predicted molar refractivity (Wildman–Crippen MR) is 87.3 cm³/mol. The molecule has 3 heteroatoms. The van der Waals surface area contributed by atoms with Crippen LogP contribution in [0.5, 0.6) is 5.75 Å². The molecule has 3 aromatic carbocycles. The first-order valence-corrected chi connectivity index (χ1v) is 7.65. The third kappa shape index (κ3) is 1.54. The third-order valence-electron chi connectivity index (χ3n) is 4.69. The second-order valence-corrected chi connectivity index (χ2v) is 5.93. The maximum absolute atomic E-state index is 12.8. The van der Waals surface area contributed by atoms with Gasteiger partial charge in [-0.25, -0.2) is 0 Å². The van der Waals surface area contributed by atoms with Crippen molar-refractivity contribution in [2.75, 3.05) is 6.61 Å². The van der Waals surface area contributed by atoms with Gasteiger partial charge >= 0.3 is 0 Å².